The Kier molecular flexibility index (Phi) is 16.1. The van der Waals surface area contributed by atoms with Crippen molar-refractivity contribution in [2.75, 3.05) is 46.9 Å². The summed E-state index contributed by atoms with van der Waals surface area (Å²) in [6.07, 6.45) is 2.25. The lowest BCUT2D eigenvalue weighted by atomic mass is 9.93. The van der Waals surface area contributed by atoms with Crippen LogP contribution in [0.2, 0.25) is 0 Å². The molecule has 47 heavy (non-hydrogen) atoms. The fourth-order valence-corrected chi connectivity index (χ4v) is 4.41. The quantitative estimate of drug-likeness (QED) is 0.0777. The van der Waals surface area contributed by atoms with Gasteiger partial charge in [0.2, 0.25) is 0 Å². The number of aromatic nitrogens is 2. The van der Waals surface area contributed by atoms with Crippen LogP contribution >= 0.6 is 11.8 Å². The second-order valence-electron chi connectivity index (χ2n) is 12.7. The highest BCUT2D eigenvalue weighted by Crippen LogP contribution is 2.28. The minimum absolute atomic E-state index is 0.0304. The molecule has 1 aromatic rings. The van der Waals surface area contributed by atoms with Crippen LogP contribution in [0.15, 0.2) is 18.0 Å². The topological polar surface area (TPSA) is 199 Å². The van der Waals surface area contributed by atoms with Gasteiger partial charge in [0.05, 0.1) is 38.2 Å². The average Bonchev–Trinajstić information content (AvgIpc) is 3.41. The van der Waals surface area contributed by atoms with Crippen LogP contribution in [0.1, 0.15) is 72.6 Å². The van der Waals surface area contributed by atoms with Gasteiger partial charge in [0.15, 0.2) is 5.78 Å². The molecular weight excluding hydrogens is 638 g/mol. The first-order chi connectivity index (χ1) is 21.8. The number of carbonyl (C=O) groups is 5. The van der Waals surface area contributed by atoms with Crippen molar-refractivity contribution in [2.45, 2.75) is 79.1 Å². The van der Waals surface area contributed by atoms with Crippen LogP contribution in [0.5, 0.6) is 0 Å². The molecule has 0 aromatic carbocycles. The zero-order valence-electron chi connectivity index (χ0n) is 29.0. The van der Waals surface area contributed by atoms with E-state index in [-0.39, 0.29) is 38.0 Å². The summed E-state index contributed by atoms with van der Waals surface area (Å²) in [7, 11) is 3.54. The van der Waals surface area contributed by atoms with E-state index < -0.39 is 41.2 Å². The molecular formula is C30H50ClN7O9. The molecule has 4 N–H and O–H groups in total. The van der Waals surface area contributed by atoms with Crippen LogP contribution in [0.3, 0.4) is 0 Å². The van der Waals surface area contributed by atoms with E-state index in [1.807, 2.05) is 0 Å². The number of hydrogen-bond donors (Lipinski definition) is 3. The molecule has 1 saturated heterocycles. The Balaban J connectivity index is 0.000000435. The number of likely N-dealkylation sites (tertiary alicyclic amines) is 1. The Morgan fingerprint density at radius 2 is 1.40 bits per heavy atom. The van der Waals surface area contributed by atoms with Gasteiger partial charge in [0.1, 0.15) is 23.0 Å². The molecule has 17 heteroatoms. The van der Waals surface area contributed by atoms with Crippen molar-refractivity contribution in [1.29, 1.82) is 0 Å². The van der Waals surface area contributed by atoms with Gasteiger partial charge in [-0.05, 0) is 67.2 Å². The van der Waals surface area contributed by atoms with Gasteiger partial charge in [0, 0.05) is 44.5 Å². The Morgan fingerprint density at radius 1 is 0.957 bits per heavy atom. The van der Waals surface area contributed by atoms with Gasteiger partial charge in [-0.3, -0.25) is 25.3 Å². The maximum absolute atomic E-state index is 12.5. The van der Waals surface area contributed by atoms with Gasteiger partial charge in [-0.15, -0.1) is 0 Å². The molecule has 0 saturated carbocycles. The van der Waals surface area contributed by atoms with E-state index in [1.54, 1.807) is 91.7 Å². The SMILES string of the molecule is CCOC(=O)C1CN(C(=O)OC(C)(C)C)CC(=CN(C)C)C1=O.CCOC(=O)C1CN(C(=O)OC(C)(C)C)Cc2cn[nH]c21.NNCl. The number of rotatable bonds is 5. The molecule has 0 bridgehead atoms. The number of H-pyrrole nitrogens is 1. The summed E-state index contributed by atoms with van der Waals surface area (Å²) in [6, 6.07) is 0. The number of aromatic amines is 1. The van der Waals surface area contributed by atoms with Gasteiger partial charge in [-0.1, -0.05) is 0 Å². The maximum atomic E-state index is 12.5. The number of nitrogens with one attached hydrogen (secondary N) is 2. The summed E-state index contributed by atoms with van der Waals surface area (Å²) >= 11 is 4.53. The first-order valence-electron chi connectivity index (χ1n) is 15.1. The molecule has 2 aliphatic heterocycles. The van der Waals surface area contributed by atoms with Crippen LogP contribution in [0, 0.1) is 5.92 Å². The number of fused-ring (bicyclic) bond motifs is 1. The minimum atomic E-state index is -1.01. The molecule has 1 fully saturated rings. The Labute approximate surface area is 281 Å². The van der Waals surface area contributed by atoms with E-state index >= 15 is 0 Å². The normalized spacial score (nSPS) is 18.5. The molecule has 0 spiro atoms. The molecule has 16 nitrogen and oxygen atoms in total. The van der Waals surface area contributed by atoms with Crippen LogP contribution in [-0.4, -0.2) is 113 Å². The highest BCUT2D eigenvalue weighted by atomic mass is 35.5. The summed E-state index contributed by atoms with van der Waals surface area (Å²) in [6.45, 7) is 15.3. The number of piperidine rings is 1. The lowest BCUT2D eigenvalue weighted by Gasteiger charge is -2.34. The fourth-order valence-electron chi connectivity index (χ4n) is 4.41. The Hall–Kier alpha value is -3.89. The zero-order valence-corrected chi connectivity index (χ0v) is 29.7. The molecule has 3 rings (SSSR count). The van der Waals surface area contributed by atoms with Gasteiger partial charge in [0.25, 0.3) is 0 Å². The molecule has 2 unspecified atom stereocenters. The van der Waals surface area contributed by atoms with Crippen molar-refractivity contribution in [3.05, 3.63) is 29.2 Å². The number of ether oxygens (including phenoxy) is 4. The lowest BCUT2D eigenvalue weighted by molar-refractivity contribution is -0.152. The number of Topliss-reactive ketones (excluding diaryl/α,β-unsaturated/α-hetero) is 1. The number of halogens is 1. The minimum Gasteiger partial charge on any atom is -0.465 e. The number of esters is 2. The molecule has 0 radical (unpaired) electrons. The highest BCUT2D eigenvalue weighted by molar-refractivity contribution is 6.12. The molecule has 2 atom stereocenters. The summed E-state index contributed by atoms with van der Waals surface area (Å²) < 4.78 is 20.7. The van der Waals surface area contributed by atoms with Crippen molar-refractivity contribution < 1.29 is 42.9 Å². The van der Waals surface area contributed by atoms with Crippen molar-refractivity contribution in [3.63, 3.8) is 0 Å². The lowest BCUT2D eigenvalue weighted by Crippen LogP contribution is -2.50. The van der Waals surface area contributed by atoms with Crippen molar-refractivity contribution >= 4 is 41.7 Å². The number of amides is 2. The first kappa shape index (κ1) is 41.1. The Morgan fingerprint density at radius 3 is 1.85 bits per heavy atom. The third-order valence-corrected chi connectivity index (χ3v) is 6.12. The predicted octanol–water partition coefficient (Wildman–Crippen LogP) is 2.84. The summed E-state index contributed by atoms with van der Waals surface area (Å²) in [4.78, 5) is 67.3. The van der Waals surface area contributed by atoms with Crippen molar-refractivity contribution in [1.82, 2.24) is 29.8 Å². The summed E-state index contributed by atoms with van der Waals surface area (Å²) in [5.74, 6) is 1.51. The van der Waals surface area contributed by atoms with Crippen molar-refractivity contribution in [2.24, 2.45) is 11.8 Å². The van der Waals surface area contributed by atoms with E-state index in [4.69, 9.17) is 18.9 Å². The highest BCUT2D eigenvalue weighted by Gasteiger charge is 2.40. The molecule has 1 aromatic heterocycles. The standard InChI is InChI=1S/C16H26N2O5.C14H21N3O4.ClH3N2/c1-7-22-14(20)12-10-18(15(21)23-16(2,3)4)9-11(13(12)19)8-17(5)6;1-5-20-12(18)10-8-17(13(19)21-14(2,3)4)7-9-6-15-16-11(9)10;1-3-2/h8,12H,7,9-10H2,1-6H3;6,10H,5,7-8H2,1-4H3,(H,15,16);3H,2H2. The number of hydrogen-bond acceptors (Lipinski definition) is 13. The molecule has 2 amide bonds. The third kappa shape index (κ3) is 13.8. The number of nitrogens with zero attached hydrogens (tertiary/aromatic N) is 4. The van der Waals surface area contributed by atoms with E-state index in [2.05, 4.69) is 27.8 Å². The van der Waals surface area contributed by atoms with Gasteiger partial charge < -0.3 is 33.6 Å². The second kappa shape index (κ2) is 18.4. The van der Waals surface area contributed by atoms with Gasteiger partial charge >= 0.3 is 24.1 Å². The maximum Gasteiger partial charge on any atom is 0.410 e. The largest absolute Gasteiger partial charge is 0.465 e. The van der Waals surface area contributed by atoms with E-state index in [9.17, 15) is 24.0 Å². The third-order valence-electron chi connectivity index (χ3n) is 6.12. The zero-order chi connectivity index (χ0) is 36.1. The first-order valence-corrected chi connectivity index (χ1v) is 15.4. The smallest absolute Gasteiger partial charge is 0.410 e. The molecule has 266 valence electrons. The van der Waals surface area contributed by atoms with Gasteiger partial charge in [-0.25, -0.2) is 9.59 Å². The number of nitrogens with two attached hydrogens (primary N) is 1. The van der Waals surface area contributed by atoms with E-state index in [1.165, 1.54) is 9.80 Å². The van der Waals surface area contributed by atoms with E-state index in [0.29, 0.717) is 24.4 Å². The number of ketones is 1. The number of hydrazine groups is 1. The fraction of sp³-hybridized carbons (Fsp3) is 0.667. The second-order valence-corrected chi connectivity index (χ2v) is 12.9. The predicted molar refractivity (Wildman–Crippen MR) is 172 cm³/mol. The average molecular weight is 688 g/mol. The summed E-state index contributed by atoms with van der Waals surface area (Å²) in [5, 5.41) is 6.78. The van der Waals surface area contributed by atoms with Gasteiger partial charge in [-0.2, -0.15) is 10.0 Å². The van der Waals surface area contributed by atoms with Crippen molar-refractivity contribution in [3.8, 4) is 0 Å². The van der Waals surface area contributed by atoms with Crippen LogP contribution < -0.4 is 10.8 Å². The van der Waals surface area contributed by atoms with Crippen LogP contribution in [0.4, 0.5) is 9.59 Å². The van der Waals surface area contributed by atoms with E-state index in [0.717, 1.165) is 5.56 Å². The Bertz CT molecular complexity index is 1250. The molecule has 0 aliphatic carbocycles. The van der Waals surface area contributed by atoms with Crippen LogP contribution in [0.25, 0.3) is 0 Å². The molecule has 2 aliphatic rings. The number of carbonyl (C=O) groups excluding carboxylic acids is 5. The monoisotopic (exact) mass is 687 g/mol. The molecule has 3 heterocycles. The van der Waals surface area contributed by atoms with Crippen LogP contribution in [-0.2, 0) is 39.9 Å². The summed E-state index contributed by atoms with van der Waals surface area (Å²) in [5.41, 5.74) is 0.680.